The molecule has 2 N–H and O–H groups in total. The summed E-state index contributed by atoms with van der Waals surface area (Å²) in [7, 11) is 0. The van der Waals surface area contributed by atoms with Crippen LogP contribution in [0.3, 0.4) is 0 Å². The maximum Gasteiger partial charge on any atom is 0.385 e. The fourth-order valence-corrected chi connectivity index (χ4v) is 2.77. The van der Waals surface area contributed by atoms with E-state index < -0.39 is 46.7 Å². The van der Waals surface area contributed by atoms with Crippen LogP contribution in [-0.2, 0) is 38.2 Å². The minimum absolute atomic E-state index is 0.00658. The summed E-state index contributed by atoms with van der Waals surface area (Å²) in [6.07, 6.45) is -1.94. The molecule has 0 radical (unpaired) electrons. The number of amides is 2. The Morgan fingerprint density at radius 3 is 2.50 bits per heavy atom. The largest absolute Gasteiger partial charge is 0.459 e. The molecule has 0 spiro atoms. The molecule has 1 aliphatic heterocycles. The Kier molecular flexibility index (Phi) is 9.10. The van der Waals surface area contributed by atoms with Crippen LogP contribution in [0.25, 0.3) is 0 Å². The highest BCUT2D eigenvalue weighted by molar-refractivity contribution is 8.15. The van der Waals surface area contributed by atoms with Crippen LogP contribution < -0.4 is 10.6 Å². The van der Waals surface area contributed by atoms with Crippen LogP contribution in [0.2, 0.25) is 0 Å². The van der Waals surface area contributed by atoms with Crippen molar-refractivity contribution in [2.45, 2.75) is 39.7 Å². The van der Waals surface area contributed by atoms with Crippen molar-refractivity contribution in [1.82, 2.24) is 10.6 Å². The first-order valence-electron chi connectivity index (χ1n) is 8.60. The first-order chi connectivity index (χ1) is 13.0. The Morgan fingerprint density at radius 1 is 1.18 bits per heavy atom. The maximum atomic E-state index is 12.5. The predicted octanol–water partition coefficient (Wildman–Crippen LogP) is -0.657. The third kappa shape index (κ3) is 8.07. The molecule has 0 aliphatic carbocycles. The Morgan fingerprint density at radius 2 is 1.86 bits per heavy atom. The third-order valence-electron chi connectivity index (χ3n) is 3.64. The summed E-state index contributed by atoms with van der Waals surface area (Å²) in [5, 5.41) is 4.20. The summed E-state index contributed by atoms with van der Waals surface area (Å²) in [5.41, 5.74) is -1.19. The van der Waals surface area contributed by atoms with E-state index in [2.05, 4.69) is 10.6 Å². The number of rotatable bonds is 3. The zero-order valence-electron chi connectivity index (χ0n) is 16.0. The van der Waals surface area contributed by atoms with E-state index in [0.29, 0.717) is 11.8 Å². The Hall–Kier alpha value is -2.43. The molecule has 0 bridgehead atoms. The number of esters is 2. The topological polar surface area (TPSA) is 145 Å². The summed E-state index contributed by atoms with van der Waals surface area (Å²) in [6, 6.07) is 0. The first kappa shape index (κ1) is 23.6. The standard InChI is InChI=1S/C17H24N2O8S/c1-10(20)8-12(22)27-13-14(23)19-5-4-11(21)18-6-7-28-16(25)15(24)26-9-17(13,2)3/h13H,4-9H2,1-3H3,(H,18,21)(H,19,23)/t13-/m0/s1. The van der Waals surface area contributed by atoms with Gasteiger partial charge in [0.05, 0.1) is 0 Å². The number of Topliss-reactive ketones (excluding diaryl/α,β-unsaturated/α-hetero) is 1. The van der Waals surface area contributed by atoms with Gasteiger partial charge in [0, 0.05) is 30.7 Å². The van der Waals surface area contributed by atoms with Gasteiger partial charge >= 0.3 is 11.9 Å². The Bertz CT molecular complexity index is 662. The number of carbonyl (C=O) groups is 6. The number of nitrogens with one attached hydrogen (secondary N) is 2. The quantitative estimate of drug-likeness (QED) is 0.348. The predicted molar refractivity (Wildman–Crippen MR) is 98.0 cm³/mol. The van der Waals surface area contributed by atoms with E-state index in [1.54, 1.807) is 0 Å². The average Bonchev–Trinajstić information content (AvgIpc) is 2.59. The van der Waals surface area contributed by atoms with Crippen LogP contribution in [0.5, 0.6) is 0 Å². The van der Waals surface area contributed by atoms with E-state index in [1.165, 1.54) is 20.8 Å². The number of ketones is 1. The molecule has 10 nitrogen and oxygen atoms in total. The molecule has 1 aliphatic rings. The molecule has 0 aromatic rings. The molecule has 0 unspecified atom stereocenters. The van der Waals surface area contributed by atoms with Crippen LogP contribution >= 0.6 is 11.8 Å². The molecule has 0 saturated carbocycles. The smallest absolute Gasteiger partial charge is 0.385 e. The van der Waals surface area contributed by atoms with Gasteiger partial charge in [0.2, 0.25) is 5.91 Å². The second kappa shape index (κ2) is 10.8. The molecule has 0 aromatic heterocycles. The third-order valence-corrected chi connectivity index (χ3v) is 4.48. The van der Waals surface area contributed by atoms with E-state index in [4.69, 9.17) is 9.47 Å². The molecule has 1 atom stereocenters. The van der Waals surface area contributed by atoms with Crippen LogP contribution in [0, 0.1) is 5.41 Å². The summed E-state index contributed by atoms with van der Waals surface area (Å²) in [4.78, 5) is 70.8. The molecule has 156 valence electrons. The Labute approximate surface area is 166 Å². The fourth-order valence-electron chi connectivity index (χ4n) is 2.20. The maximum absolute atomic E-state index is 12.5. The SMILES string of the molecule is CC(=O)CC(=O)O[C@H]1C(=O)NCCC(=O)NCCSC(=O)C(=O)OCC1(C)C. The highest BCUT2D eigenvalue weighted by atomic mass is 32.2. The lowest BCUT2D eigenvalue weighted by Gasteiger charge is -2.32. The average molecular weight is 416 g/mol. The molecule has 1 rings (SSSR count). The molecule has 1 fully saturated rings. The van der Waals surface area contributed by atoms with E-state index in [0.717, 1.165) is 0 Å². The number of carbonyl (C=O) groups excluding carboxylic acids is 6. The number of hydrogen-bond donors (Lipinski definition) is 2. The molecular weight excluding hydrogens is 392 g/mol. The zero-order chi connectivity index (χ0) is 21.3. The van der Waals surface area contributed by atoms with Crippen molar-refractivity contribution in [3.8, 4) is 0 Å². The molecule has 28 heavy (non-hydrogen) atoms. The van der Waals surface area contributed by atoms with Crippen LogP contribution in [0.15, 0.2) is 0 Å². The molecule has 2 amide bonds. The molecule has 1 heterocycles. The van der Waals surface area contributed by atoms with E-state index in [-0.39, 0.29) is 37.8 Å². The van der Waals surface area contributed by atoms with Gasteiger partial charge in [-0.1, -0.05) is 25.6 Å². The molecular formula is C17H24N2O8S. The minimum atomic E-state index is -1.40. The fraction of sp³-hybridized carbons (Fsp3) is 0.647. The van der Waals surface area contributed by atoms with Crippen molar-refractivity contribution in [2.24, 2.45) is 5.41 Å². The number of thioether (sulfide) groups is 1. The van der Waals surface area contributed by atoms with Crippen molar-refractivity contribution in [1.29, 1.82) is 0 Å². The van der Waals surface area contributed by atoms with E-state index >= 15 is 0 Å². The van der Waals surface area contributed by atoms with Gasteiger partial charge in [-0.05, 0) is 6.92 Å². The van der Waals surface area contributed by atoms with Gasteiger partial charge in [0.25, 0.3) is 11.0 Å². The van der Waals surface area contributed by atoms with Gasteiger partial charge in [-0.15, -0.1) is 0 Å². The number of hydrogen-bond acceptors (Lipinski definition) is 9. The highest BCUT2D eigenvalue weighted by Gasteiger charge is 2.40. The van der Waals surface area contributed by atoms with Crippen LogP contribution in [-0.4, -0.2) is 66.2 Å². The molecule has 0 aromatic carbocycles. The summed E-state index contributed by atoms with van der Waals surface area (Å²) >= 11 is 0.704. The van der Waals surface area contributed by atoms with Gasteiger partial charge in [-0.3, -0.25) is 24.0 Å². The molecule has 11 heteroatoms. The number of ether oxygens (including phenoxy) is 2. The first-order valence-corrected chi connectivity index (χ1v) is 9.58. The lowest BCUT2D eigenvalue weighted by atomic mass is 9.86. The van der Waals surface area contributed by atoms with Gasteiger partial charge in [0.1, 0.15) is 18.8 Å². The minimum Gasteiger partial charge on any atom is -0.459 e. The normalized spacial score (nSPS) is 22.0. The second-order valence-electron chi connectivity index (χ2n) is 6.84. The monoisotopic (exact) mass is 416 g/mol. The van der Waals surface area contributed by atoms with Crippen molar-refractivity contribution in [3.63, 3.8) is 0 Å². The van der Waals surface area contributed by atoms with Gasteiger partial charge in [-0.25, -0.2) is 4.79 Å². The van der Waals surface area contributed by atoms with Crippen LogP contribution in [0.4, 0.5) is 0 Å². The van der Waals surface area contributed by atoms with Gasteiger partial charge < -0.3 is 20.1 Å². The van der Waals surface area contributed by atoms with Crippen molar-refractivity contribution in [2.75, 3.05) is 25.4 Å². The zero-order valence-corrected chi connectivity index (χ0v) is 16.8. The highest BCUT2D eigenvalue weighted by Crippen LogP contribution is 2.25. The summed E-state index contributed by atoms with van der Waals surface area (Å²) < 4.78 is 10.1. The Balaban J connectivity index is 3.00. The second-order valence-corrected chi connectivity index (χ2v) is 7.91. The number of cyclic esters (lactones) is 1. The van der Waals surface area contributed by atoms with Crippen molar-refractivity contribution < 1.29 is 38.2 Å². The van der Waals surface area contributed by atoms with Gasteiger partial charge in [0.15, 0.2) is 6.10 Å². The van der Waals surface area contributed by atoms with E-state index in [1.807, 2.05) is 0 Å². The lowest BCUT2D eigenvalue weighted by molar-refractivity contribution is -0.169. The summed E-state index contributed by atoms with van der Waals surface area (Å²) in [6.45, 7) is 4.01. The van der Waals surface area contributed by atoms with Crippen LogP contribution in [0.1, 0.15) is 33.6 Å². The van der Waals surface area contributed by atoms with Crippen molar-refractivity contribution in [3.05, 3.63) is 0 Å². The lowest BCUT2D eigenvalue weighted by Crippen LogP contribution is -2.49. The van der Waals surface area contributed by atoms with Gasteiger partial charge in [-0.2, -0.15) is 0 Å². The van der Waals surface area contributed by atoms with E-state index in [9.17, 15) is 28.8 Å². The van der Waals surface area contributed by atoms with Crippen molar-refractivity contribution >= 4 is 46.4 Å². The summed E-state index contributed by atoms with van der Waals surface area (Å²) in [5.74, 6) is -3.31. The molecule has 1 saturated heterocycles.